The summed E-state index contributed by atoms with van der Waals surface area (Å²) < 4.78 is 43.5. The van der Waals surface area contributed by atoms with Crippen molar-refractivity contribution in [1.82, 2.24) is 9.78 Å². The molecule has 10 rings (SSSR count). The van der Waals surface area contributed by atoms with Crippen molar-refractivity contribution in [3.8, 4) is 5.88 Å². The van der Waals surface area contributed by atoms with Gasteiger partial charge in [-0.15, -0.1) is 5.10 Å². The van der Waals surface area contributed by atoms with Crippen molar-refractivity contribution in [3.05, 3.63) is 11.8 Å². The van der Waals surface area contributed by atoms with Crippen molar-refractivity contribution in [2.24, 2.45) is 50.2 Å². The second kappa shape index (κ2) is 11.7. The van der Waals surface area contributed by atoms with Crippen LogP contribution in [-0.2, 0) is 23.8 Å². The van der Waals surface area contributed by atoms with Gasteiger partial charge in [-0.05, 0) is 174 Å². The molecule has 9 aliphatic carbocycles. The van der Waals surface area contributed by atoms with Gasteiger partial charge in [0.1, 0.15) is 11.2 Å². The largest absolute Gasteiger partial charge is 0.476 e. The van der Waals surface area contributed by atoms with Gasteiger partial charge in [-0.3, -0.25) is 4.18 Å². The smallest absolute Gasteiger partial charge is 0.435 e. The van der Waals surface area contributed by atoms with Gasteiger partial charge in [0.05, 0.1) is 32.3 Å². The normalized spacial score (nSPS) is 29.1. The molecule has 0 aromatic carbocycles. The Balaban J connectivity index is 0.000000127. The molecule has 0 bridgehead atoms. The number of hydrogen-bond donors (Lipinski definition) is 1. The van der Waals surface area contributed by atoms with Gasteiger partial charge in [0.15, 0.2) is 0 Å². The van der Waals surface area contributed by atoms with Crippen LogP contribution in [0, 0.1) is 50.2 Å². The summed E-state index contributed by atoms with van der Waals surface area (Å²) in [7, 11) is -3.23. The molecule has 284 valence electrons. The Hall–Kier alpha value is -2.18. The van der Waals surface area contributed by atoms with E-state index in [-0.39, 0.29) is 18.1 Å². The Labute approximate surface area is 303 Å². The molecule has 1 N–H and O–H groups in total. The molecule has 12 heteroatoms. The van der Waals surface area contributed by atoms with Crippen molar-refractivity contribution >= 4 is 22.2 Å². The first-order chi connectivity index (χ1) is 24.1. The molecule has 51 heavy (non-hydrogen) atoms. The van der Waals surface area contributed by atoms with Crippen LogP contribution in [0.15, 0.2) is 6.20 Å². The third-order valence-corrected chi connectivity index (χ3v) is 15.6. The quantitative estimate of drug-likeness (QED) is 0.178. The monoisotopic (exact) mass is 730 g/mol. The highest BCUT2D eigenvalue weighted by atomic mass is 32.2. The second-order valence-electron chi connectivity index (χ2n) is 18.6. The molecule has 0 unspecified atom stereocenters. The fourth-order valence-corrected chi connectivity index (χ4v) is 12.4. The summed E-state index contributed by atoms with van der Waals surface area (Å²) in [5.41, 5.74) is 3.72. The third-order valence-electron chi connectivity index (χ3n) is 15.0. The minimum absolute atomic E-state index is 0.134. The third kappa shape index (κ3) is 6.05. The lowest BCUT2D eigenvalue weighted by Gasteiger charge is -2.18. The van der Waals surface area contributed by atoms with Gasteiger partial charge in [0, 0.05) is 6.61 Å². The van der Waals surface area contributed by atoms with E-state index in [1.165, 1.54) is 83.2 Å². The highest BCUT2D eigenvalue weighted by molar-refractivity contribution is 7.85. The van der Waals surface area contributed by atoms with Crippen LogP contribution in [0.5, 0.6) is 5.88 Å². The van der Waals surface area contributed by atoms with E-state index in [9.17, 15) is 18.0 Å². The first kappa shape index (κ1) is 35.8. The molecule has 1 heterocycles. The van der Waals surface area contributed by atoms with E-state index < -0.39 is 27.8 Å². The Morgan fingerprint density at radius 1 is 0.804 bits per heavy atom. The van der Waals surface area contributed by atoms with E-state index >= 15 is 0 Å². The van der Waals surface area contributed by atoms with Crippen LogP contribution in [0.2, 0.25) is 0 Å². The predicted octanol–water partition coefficient (Wildman–Crippen LogP) is 6.90. The summed E-state index contributed by atoms with van der Waals surface area (Å²) in [4.78, 5) is 24.5. The summed E-state index contributed by atoms with van der Waals surface area (Å²) in [5, 5.41) is 12.9. The fourth-order valence-electron chi connectivity index (χ4n) is 12.0. The number of aliphatic hydroxyl groups is 1. The van der Waals surface area contributed by atoms with Crippen molar-refractivity contribution < 1.29 is 41.5 Å². The van der Waals surface area contributed by atoms with Crippen LogP contribution >= 0.6 is 0 Å². The van der Waals surface area contributed by atoms with Gasteiger partial charge in [0.2, 0.25) is 5.88 Å². The maximum atomic E-state index is 12.3. The predicted molar refractivity (Wildman–Crippen MR) is 188 cm³/mol. The summed E-state index contributed by atoms with van der Waals surface area (Å²) >= 11 is 0. The van der Waals surface area contributed by atoms with E-state index in [0.29, 0.717) is 41.5 Å². The van der Waals surface area contributed by atoms with Crippen molar-refractivity contribution in [1.29, 1.82) is 0 Å². The molecule has 0 aliphatic heterocycles. The first-order valence-electron chi connectivity index (χ1n) is 19.7. The van der Waals surface area contributed by atoms with E-state index in [2.05, 4.69) is 5.10 Å². The molecule has 0 saturated heterocycles. The van der Waals surface area contributed by atoms with Gasteiger partial charge < -0.3 is 19.3 Å². The van der Waals surface area contributed by atoms with Crippen molar-refractivity contribution in [2.75, 3.05) is 32.7 Å². The standard InChI is InChI=1S/C20H28N2O5.C10H16O3S.C9H14O/c1-5-25-16(23)13-12-22(17(24)27-18(2,3)4)21-15(13)26-11-6-14-19(7-8-19)20(14)9-10-20;1-14(11,12)13-7-2-8-9(3-4-9)10(8)5-6-10;10-6-1-7-8(2-3-8)9(7)4-5-9/h12,14H,5-11H2,1-4H3;8H,2-7H2,1H3;7,10H,1-6H2. The molecular formula is C39H58N2O9S. The van der Waals surface area contributed by atoms with Gasteiger partial charge >= 0.3 is 12.1 Å². The number of hydrogen-bond acceptors (Lipinski definition) is 10. The van der Waals surface area contributed by atoms with Crippen LogP contribution in [-0.4, -0.2) is 73.7 Å². The Morgan fingerprint density at radius 3 is 1.61 bits per heavy atom. The molecule has 6 spiro atoms. The highest BCUT2D eigenvalue weighted by Crippen LogP contribution is 2.94. The topological polar surface area (TPSA) is 143 Å². The lowest BCUT2D eigenvalue weighted by Crippen LogP contribution is -2.27. The van der Waals surface area contributed by atoms with E-state index in [0.717, 1.165) is 58.8 Å². The zero-order chi connectivity index (χ0) is 36.3. The van der Waals surface area contributed by atoms with Crippen LogP contribution in [0.3, 0.4) is 0 Å². The van der Waals surface area contributed by atoms with Gasteiger partial charge in [0.25, 0.3) is 10.1 Å². The van der Waals surface area contributed by atoms with Gasteiger partial charge in [-0.2, -0.15) is 13.1 Å². The molecule has 9 saturated carbocycles. The van der Waals surface area contributed by atoms with E-state index in [1.54, 1.807) is 27.7 Å². The summed E-state index contributed by atoms with van der Waals surface area (Å²) in [5.74, 6) is 2.08. The Kier molecular flexibility index (Phi) is 8.19. The number of aliphatic hydroxyl groups excluding tert-OH is 1. The first-order valence-corrected chi connectivity index (χ1v) is 21.5. The molecule has 0 amide bonds. The van der Waals surface area contributed by atoms with Crippen LogP contribution in [0.25, 0.3) is 0 Å². The fraction of sp³-hybridized carbons (Fsp3) is 0.872. The minimum atomic E-state index is -3.23. The van der Waals surface area contributed by atoms with Crippen molar-refractivity contribution in [2.45, 2.75) is 130 Å². The molecular weight excluding hydrogens is 673 g/mol. The lowest BCUT2D eigenvalue weighted by molar-refractivity contribution is 0.0511. The molecule has 0 atom stereocenters. The number of fused-ring (bicyclic) bond motifs is 3. The maximum Gasteiger partial charge on any atom is 0.435 e. The minimum Gasteiger partial charge on any atom is -0.476 e. The molecule has 1 aromatic heterocycles. The Morgan fingerprint density at radius 2 is 1.24 bits per heavy atom. The summed E-state index contributed by atoms with van der Waals surface area (Å²) in [6.07, 6.45) is 21.7. The summed E-state index contributed by atoms with van der Waals surface area (Å²) in [6.45, 7) is 8.60. The van der Waals surface area contributed by atoms with Crippen molar-refractivity contribution in [3.63, 3.8) is 0 Å². The number of carbonyl (C=O) groups is 2. The number of aromatic nitrogens is 2. The SMILES string of the molecule is CCOC(=O)c1cn(C(=O)OC(C)(C)C)nc1OCCC1C2(CC2)C12CC2.CS(=O)(=O)OCCC1C2(CC2)C12CC2.OCCC1C2(CC2)C12CC2. The zero-order valence-electron chi connectivity index (χ0n) is 31.3. The number of esters is 1. The van der Waals surface area contributed by atoms with Crippen LogP contribution in [0.4, 0.5) is 4.79 Å². The molecule has 9 aliphatic rings. The lowest BCUT2D eigenvalue weighted by atomic mass is 10.2. The Bertz CT molecular complexity index is 1610. The van der Waals surface area contributed by atoms with Crippen LogP contribution in [0.1, 0.15) is 134 Å². The number of carbonyl (C=O) groups excluding carboxylic acids is 2. The zero-order valence-corrected chi connectivity index (χ0v) is 32.1. The van der Waals surface area contributed by atoms with Gasteiger partial charge in [-0.25, -0.2) is 9.59 Å². The number of nitrogens with zero attached hydrogens (tertiary/aromatic N) is 2. The number of ether oxygens (including phenoxy) is 3. The second-order valence-corrected chi connectivity index (χ2v) is 20.2. The molecule has 11 nitrogen and oxygen atoms in total. The average Bonchev–Trinajstić information content (AvgIpc) is 3.82. The number of rotatable bonds is 12. The van der Waals surface area contributed by atoms with Gasteiger partial charge in [-0.1, -0.05) is 0 Å². The summed E-state index contributed by atoms with van der Waals surface area (Å²) in [6, 6.07) is 0. The highest BCUT2D eigenvalue weighted by Gasteiger charge is 2.87. The molecule has 0 radical (unpaired) electrons. The van der Waals surface area contributed by atoms with Crippen LogP contribution < -0.4 is 4.74 Å². The van der Waals surface area contributed by atoms with E-state index in [4.69, 9.17) is 23.5 Å². The molecule has 9 fully saturated rings. The average molecular weight is 731 g/mol. The maximum absolute atomic E-state index is 12.3. The molecule has 1 aromatic rings. The van der Waals surface area contributed by atoms with E-state index in [1.807, 2.05) is 0 Å².